The van der Waals surface area contributed by atoms with Gasteiger partial charge in [0.2, 0.25) is 0 Å². The lowest BCUT2D eigenvalue weighted by Gasteiger charge is -1.90. The van der Waals surface area contributed by atoms with E-state index in [-0.39, 0.29) is 12.2 Å². The first-order valence-electron chi connectivity index (χ1n) is 4.15. The van der Waals surface area contributed by atoms with Crippen molar-refractivity contribution >= 4 is 0 Å². The summed E-state index contributed by atoms with van der Waals surface area (Å²) >= 11 is 0. The zero-order valence-electron chi connectivity index (χ0n) is 7.12. The van der Waals surface area contributed by atoms with Gasteiger partial charge in [-0.3, -0.25) is 0 Å². The van der Waals surface area contributed by atoms with Crippen LogP contribution in [0, 0.1) is 0 Å². The fourth-order valence-corrected chi connectivity index (χ4v) is 0.638. The average molecular weight is 160 g/mol. The fourth-order valence-electron chi connectivity index (χ4n) is 0.638. The summed E-state index contributed by atoms with van der Waals surface area (Å²) in [4.78, 5) is 0. The molecule has 11 heavy (non-hydrogen) atoms. The minimum Gasteiger partial charge on any atom is -0.391 e. The number of epoxide rings is 2. The fraction of sp³-hybridized carbons (Fsp3) is 1.00. The zero-order chi connectivity index (χ0) is 8.27. The van der Waals surface area contributed by atoms with Crippen molar-refractivity contribution in [2.24, 2.45) is 0 Å². The molecule has 0 spiro atoms. The Morgan fingerprint density at radius 2 is 2.00 bits per heavy atom. The van der Waals surface area contributed by atoms with Crippen LogP contribution in [0.15, 0.2) is 0 Å². The van der Waals surface area contributed by atoms with E-state index in [2.05, 4.69) is 6.92 Å². The van der Waals surface area contributed by atoms with Crippen LogP contribution in [-0.4, -0.2) is 36.6 Å². The summed E-state index contributed by atoms with van der Waals surface area (Å²) in [5.74, 6) is 0. The topological polar surface area (TPSA) is 45.3 Å². The molecule has 2 saturated heterocycles. The number of hydrogen-bond donors (Lipinski definition) is 1. The molecule has 3 atom stereocenters. The molecule has 2 heterocycles. The molecule has 2 rings (SSSR count). The monoisotopic (exact) mass is 160 g/mol. The second-order valence-corrected chi connectivity index (χ2v) is 2.98. The predicted octanol–water partition coefficient (Wildman–Crippen LogP) is 0.561. The third-order valence-corrected chi connectivity index (χ3v) is 1.75. The molecular weight excluding hydrogens is 144 g/mol. The lowest BCUT2D eigenvalue weighted by atomic mass is 10.3. The molecule has 2 aliphatic heterocycles. The Hall–Kier alpha value is -0.120. The molecular formula is C8H16O3. The standard InChI is InChI=1S/C4H8O2.C4H8O/c1-3(5)4-2-6-4;1-2-4-3-5-4/h3-5H,2H2,1H3;4H,2-3H2,1H3. The highest BCUT2D eigenvalue weighted by Crippen LogP contribution is 2.12. The molecule has 0 aromatic heterocycles. The van der Waals surface area contributed by atoms with Gasteiger partial charge in [0, 0.05) is 0 Å². The van der Waals surface area contributed by atoms with Crippen LogP contribution in [0.5, 0.6) is 0 Å². The highest BCUT2D eigenvalue weighted by molar-refractivity contribution is 4.73. The van der Waals surface area contributed by atoms with Crippen LogP contribution >= 0.6 is 0 Å². The minimum absolute atomic E-state index is 0.157. The smallest absolute Gasteiger partial charge is 0.106 e. The van der Waals surface area contributed by atoms with Gasteiger partial charge in [-0.25, -0.2) is 0 Å². The van der Waals surface area contributed by atoms with Crippen LogP contribution in [-0.2, 0) is 9.47 Å². The maximum atomic E-state index is 8.57. The van der Waals surface area contributed by atoms with Crippen LogP contribution in [0.3, 0.4) is 0 Å². The van der Waals surface area contributed by atoms with E-state index in [0.717, 1.165) is 13.2 Å². The first-order chi connectivity index (χ1) is 5.24. The van der Waals surface area contributed by atoms with Gasteiger partial charge in [0.1, 0.15) is 6.10 Å². The molecule has 2 fully saturated rings. The largest absolute Gasteiger partial charge is 0.391 e. The van der Waals surface area contributed by atoms with Gasteiger partial charge in [0.05, 0.1) is 25.4 Å². The van der Waals surface area contributed by atoms with Crippen molar-refractivity contribution < 1.29 is 14.6 Å². The Morgan fingerprint density at radius 1 is 1.45 bits per heavy atom. The van der Waals surface area contributed by atoms with Crippen LogP contribution in [0.1, 0.15) is 20.3 Å². The summed E-state index contributed by atoms with van der Waals surface area (Å²) < 4.78 is 9.58. The normalized spacial score (nSPS) is 35.2. The third-order valence-electron chi connectivity index (χ3n) is 1.75. The third kappa shape index (κ3) is 4.35. The second-order valence-electron chi connectivity index (χ2n) is 2.98. The van der Waals surface area contributed by atoms with Crippen molar-refractivity contribution in [3.8, 4) is 0 Å². The SMILES string of the molecule is CC(O)C1CO1.CCC1CO1. The number of hydrogen-bond acceptors (Lipinski definition) is 3. The molecule has 0 bridgehead atoms. The zero-order valence-corrected chi connectivity index (χ0v) is 7.12. The average Bonchev–Trinajstić information content (AvgIpc) is 2.86. The summed E-state index contributed by atoms with van der Waals surface area (Å²) in [5, 5.41) is 8.57. The summed E-state index contributed by atoms with van der Waals surface area (Å²) in [6.07, 6.45) is 1.73. The molecule has 66 valence electrons. The lowest BCUT2D eigenvalue weighted by molar-refractivity contribution is 0.153. The van der Waals surface area contributed by atoms with Crippen LogP contribution in [0.2, 0.25) is 0 Å². The van der Waals surface area contributed by atoms with Gasteiger partial charge >= 0.3 is 0 Å². The molecule has 3 unspecified atom stereocenters. The summed E-state index contributed by atoms with van der Waals surface area (Å²) in [6.45, 7) is 5.63. The highest BCUT2D eigenvalue weighted by atomic mass is 16.6. The maximum absolute atomic E-state index is 8.57. The number of aliphatic hydroxyl groups is 1. The van der Waals surface area contributed by atoms with Gasteiger partial charge < -0.3 is 14.6 Å². The predicted molar refractivity (Wildman–Crippen MR) is 41.5 cm³/mol. The van der Waals surface area contributed by atoms with E-state index in [1.165, 1.54) is 6.42 Å². The van der Waals surface area contributed by atoms with E-state index in [1.54, 1.807) is 6.92 Å². The molecule has 0 aromatic carbocycles. The maximum Gasteiger partial charge on any atom is 0.106 e. The van der Waals surface area contributed by atoms with Gasteiger partial charge in [-0.2, -0.15) is 0 Å². The lowest BCUT2D eigenvalue weighted by Crippen LogP contribution is -2.07. The minimum atomic E-state index is -0.259. The Morgan fingerprint density at radius 3 is 2.00 bits per heavy atom. The van der Waals surface area contributed by atoms with Gasteiger partial charge in [0.15, 0.2) is 0 Å². The molecule has 1 N–H and O–H groups in total. The van der Waals surface area contributed by atoms with Gasteiger partial charge in [-0.15, -0.1) is 0 Å². The van der Waals surface area contributed by atoms with Gasteiger partial charge in [-0.1, -0.05) is 6.92 Å². The van der Waals surface area contributed by atoms with Crippen molar-refractivity contribution in [1.82, 2.24) is 0 Å². The Kier molecular flexibility index (Phi) is 3.30. The molecule has 0 saturated carbocycles. The Labute approximate surface area is 67.3 Å². The van der Waals surface area contributed by atoms with Crippen molar-refractivity contribution in [2.75, 3.05) is 13.2 Å². The van der Waals surface area contributed by atoms with Gasteiger partial charge in [0.25, 0.3) is 0 Å². The van der Waals surface area contributed by atoms with Gasteiger partial charge in [-0.05, 0) is 13.3 Å². The number of ether oxygens (including phenoxy) is 2. The molecule has 3 nitrogen and oxygen atoms in total. The summed E-state index contributed by atoms with van der Waals surface area (Å²) in [5.41, 5.74) is 0. The van der Waals surface area contributed by atoms with Crippen molar-refractivity contribution in [1.29, 1.82) is 0 Å². The second kappa shape index (κ2) is 4.04. The van der Waals surface area contributed by atoms with E-state index in [4.69, 9.17) is 14.6 Å². The summed E-state index contributed by atoms with van der Waals surface area (Å²) in [6, 6.07) is 0. The van der Waals surface area contributed by atoms with Crippen molar-refractivity contribution in [3.63, 3.8) is 0 Å². The molecule has 0 radical (unpaired) electrons. The van der Waals surface area contributed by atoms with E-state index in [1.807, 2.05) is 0 Å². The molecule has 0 amide bonds. The highest BCUT2D eigenvalue weighted by Gasteiger charge is 2.27. The Bertz CT molecular complexity index is 106. The number of rotatable bonds is 2. The van der Waals surface area contributed by atoms with E-state index in [9.17, 15) is 0 Å². The molecule has 2 aliphatic rings. The quantitative estimate of drug-likeness (QED) is 0.600. The van der Waals surface area contributed by atoms with E-state index >= 15 is 0 Å². The van der Waals surface area contributed by atoms with Crippen molar-refractivity contribution in [2.45, 2.75) is 38.6 Å². The first-order valence-corrected chi connectivity index (χ1v) is 4.15. The van der Waals surface area contributed by atoms with Crippen LogP contribution in [0.4, 0.5) is 0 Å². The Balaban J connectivity index is 0.000000112. The van der Waals surface area contributed by atoms with Crippen LogP contribution < -0.4 is 0 Å². The van der Waals surface area contributed by atoms with E-state index in [0.29, 0.717) is 6.10 Å². The molecule has 0 aliphatic carbocycles. The van der Waals surface area contributed by atoms with Crippen molar-refractivity contribution in [3.05, 3.63) is 0 Å². The number of aliphatic hydroxyl groups excluding tert-OH is 1. The van der Waals surface area contributed by atoms with E-state index < -0.39 is 0 Å². The first kappa shape index (κ1) is 8.97. The molecule has 3 heteroatoms. The van der Waals surface area contributed by atoms with Crippen LogP contribution in [0.25, 0.3) is 0 Å². The molecule has 0 aromatic rings. The summed E-state index contributed by atoms with van der Waals surface area (Å²) in [7, 11) is 0.